The van der Waals surface area contributed by atoms with E-state index in [0.29, 0.717) is 18.2 Å². The van der Waals surface area contributed by atoms with Crippen molar-refractivity contribution in [2.24, 2.45) is 5.92 Å². The van der Waals surface area contributed by atoms with Crippen molar-refractivity contribution in [3.8, 4) is 0 Å². The number of piperidine rings is 1. The quantitative estimate of drug-likeness (QED) is 0.847. The summed E-state index contributed by atoms with van der Waals surface area (Å²) in [7, 11) is 0. The third-order valence-corrected chi connectivity index (χ3v) is 5.77. The number of likely N-dealkylation sites (tertiary alicyclic amines) is 2. The normalized spacial score (nSPS) is 20.4. The van der Waals surface area contributed by atoms with Crippen molar-refractivity contribution < 1.29 is 9.21 Å². The van der Waals surface area contributed by atoms with Gasteiger partial charge in [0, 0.05) is 32.1 Å². The minimum absolute atomic E-state index is 0.141. The third kappa shape index (κ3) is 3.56. The van der Waals surface area contributed by atoms with Gasteiger partial charge in [0.15, 0.2) is 5.58 Å². The van der Waals surface area contributed by atoms with Crippen molar-refractivity contribution in [2.75, 3.05) is 26.2 Å². The van der Waals surface area contributed by atoms with Crippen LogP contribution in [-0.2, 0) is 11.5 Å². The maximum absolute atomic E-state index is 12.8. The van der Waals surface area contributed by atoms with Crippen LogP contribution in [0.25, 0.3) is 11.1 Å². The molecule has 0 radical (unpaired) electrons. The number of fused-ring (bicyclic) bond motifs is 1. The molecule has 3 heterocycles. The van der Waals surface area contributed by atoms with E-state index in [4.69, 9.17) is 4.42 Å². The zero-order valence-corrected chi connectivity index (χ0v) is 15.2. The van der Waals surface area contributed by atoms with Crippen LogP contribution in [0.1, 0.15) is 38.5 Å². The highest BCUT2D eigenvalue weighted by molar-refractivity contribution is 5.79. The molecule has 0 unspecified atom stereocenters. The summed E-state index contributed by atoms with van der Waals surface area (Å²) in [5, 5.41) is 0. The van der Waals surface area contributed by atoms with Gasteiger partial charge in [-0.25, -0.2) is 4.79 Å². The minimum atomic E-state index is -0.311. The van der Waals surface area contributed by atoms with Crippen LogP contribution in [-0.4, -0.2) is 46.5 Å². The lowest BCUT2D eigenvalue weighted by Gasteiger charge is -2.33. The molecule has 2 fully saturated rings. The molecular formula is C20H27N3O3. The lowest BCUT2D eigenvalue weighted by molar-refractivity contribution is -0.137. The Morgan fingerprint density at radius 2 is 1.69 bits per heavy atom. The van der Waals surface area contributed by atoms with Gasteiger partial charge in [-0.2, -0.15) is 0 Å². The van der Waals surface area contributed by atoms with E-state index in [1.807, 2.05) is 24.3 Å². The van der Waals surface area contributed by atoms with Gasteiger partial charge in [0.25, 0.3) is 0 Å². The molecule has 0 saturated carbocycles. The number of oxazole rings is 1. The Hall–Kier alpha value is -2.08. The summed E-state index contributed by atoms with van der Waals surface area (Å²) in [5.74, 6) is 0.175. The number of para-hydroxylation sites is 2. The lowest BCUT2D eigenvalue weighted by atomic mass is 9.95. The molecular weight excluding hydrogens is 330 g/mol. The van der Waals surface area contributed by atoms with E-state index in [2.05, 4.69) is 9.80 Å². The summed E-state index contributed by atoms with van der Waals surface area (Å²) in [4.78, 5) is 29.3. The molecule has 1 aromatic heterocycles. The Labute approximate surface area is 153 Å². The first kappa shape index (κ1) is 17.3. The second-order valence-electron chi connectivity index (χ2n) is 7.54. The van der Waals surface area contributed by atoms with Crippen LogP contribution in [0.2, 0.25) is 0 Å². The molecule has 2 saturated heterocycles. The van der Waals surface area contributed by atoms with Crippen molar-refractivity contribution in [1.29, 1.82) is 0 Å². The van der Waals surface area contributed by atoms with Crippen molar-refractivity contribution in [2.45, 2.75) is 45.2 Å². The molecule has 0 N–H and O–H groups in total. The van der Waals surface area contributed by atoms with E-state index in [-0.39, 0.29) is 11.7 Å². The van der Waals surface area contributed by atoms with Gasteiger partial charge in [-0.05, 0) is 37.8 Å². The molecule has 0 atom stereocenters. The number of nitrogens with zero attached hydrogens (tertiary/aromatic N) is 3. The summed E-state index contributed by atoms with van der Waals surface area (Å²) in [6.07, 6.45) is 6.52. The molecule has 0 aliphatic carbocycles. The topological polar surface area (TPSA) is 58.7 Å². The second kappa shape index (κ2) is 7.66. The summed E-state index contributed by atoms with van der Waals surface area (Å²) < 4.78 is 7.00. The van der Waals surface area contributed by atoms with E-state index in [0.717, 1.165) is 57.4 Å². The number of aromatic nitrogens is 1. The van der Waals surface area contributed by atoms with Gasteiger partial charge in [0.05, 0.1) is 12.2 Å². The monoisotopic (exact) mass is 357 g/mol. The molecule has 6 heteroatoms. The molecule has 1 aromatic carbocycles. The zero-order valence-electron chi connectivity index (χ0n) is 15.2. The summed E-state index contributed by atoms with van der Waals surface area (Å²) in [6, 6.07) is 7.52. The van der Waals surface area contributed by atoms with Crippen LogP contribution in [0.5, 0.6) is 0 Å². The van der Waals surface area contributed by atoms with Crippen LogP contribution < -0.4 is 5.76 Å². The fourth-order valence-electron chi connectivity index (χ4n) is 4.22. The molecule has 0 spiro atoms. The van der Waals surface area contributed by atoms with Gasteiger partial charge < -0.3 is 9.32 Å². The van der Waals surface area contributed by atoms with Gasteiger partial charge in [-0.15, -0.1) is 0 Å². The molecule has 2 aliphatic heterocycles. The molecule has 4 rings (SSSR count). The Morgan fingerprint density at radius 1 is 1.00 bits per heavy atom. The van der Waals surface area contributed by atoms with Crippen LogP contribution >= 0.6 is 0 Å². The van der Waals surface area contributed by atoms with E-state index in [1.54, 1.807) is 4.57 Å². The Bertz CT molecular complexity index is 809. The first-order valence-corrected chi connectivity index (χ1v) is 9.82. The SMILES string of the molecule is O=C(C1CCN(Cn2c(=O)oc3ccccc32)CC1)N1CCCCCC1. The standard InChI is InChI=1S/C20H27N3O3/c24-19(22-11-5-1-2-6-12-22)16-9-13-21(14-10-16)15-23-17-7-3-4-8-18(17)26-20(23)25/h3-4,7-8,16H,1-2,5-6,9-15H2. The number of carbonyl (C=O) groups is 1. The smallest absolute Gasteiger partial charge is 0.408 e. The maximum atomic E-state index is 12.8. The number of amides is 1. The summed E-state index contributed by atoms with van der Waals surface area (Å²) in [6.45, 7) is 4.07. The number of carbonyl (C=O) groups excluding carboxylic acids is 1. The van der Waals surface area contributed by atoms with Gasteiger partial charge in [0.1, 0.15) is 0 Å². The fourth-order valence-corrected chi connectivity index (χ4v) is 4.22. The highest BCUT2D eigenvalue weighted by Gasteiger charge is 2.29. The number of hydrogen-bond donors (Lipinski definition) is 0. The Kier molecular flexibility index (Phi) is 5.11. The van der Waals surface area contributed by atoms with Crippen LogP contribution in [0, 0.1) is 5.92 Å². The summed E-state index contributed by atoms with van der Waals surface area (Å²) >= 11 is 0. The molecule has 2 aromatic rings. The molecule has 2 aliphatic rings. The third-order valence-electron chi connectivity index (χ3n) is 5.77. The fraction of sp³-hybridized carbons (Fsp3) is 0.600. The first-order chi connectivity index (χ1) is 12.7. The van der Waals surface area contributed by atoms with E-state index in [9.17, 15) is 9.59 Å². The number of rotatable bonds is 3. The molecule has 26 heavy (non-hydrogen) atoms. The Balaban J connectivity index is 1.37. The predicted molar refractivity (Wildman–Crippen MR) is 99.8 cm³/mol. The second-order valence-corrected chi connectivity index (χ2v) is 7.54. The maximum Gasteiger partial charge on any atom is 0.421 e. The van der Waals surface area contributed by atoms with Crippen molar-refractivity contribution >= 4 is 17.0 Å². The van der Waals surface area contributed by atoms with Crippen molar-refractivity contribution in [1.82, 2.24) is 14.4 Å². The predicted octanol–water partition coefficient (Wildman–Crippen LogP) is 2.67. The largest absolute Gasteiger partial charge is 0.421 e. The van der Waals surface area contributed by atoms with E-state index >= 15 is 0 Å². The highest BCUT2D eigenvalue weighted by atomic mass is 16.4. The van der Waals surface area contributed by atoms with Gasteiger partial charge in [-0.1, -0.05) is 25.0 Å². The zero-order chi connectivity index (χ0) is 17.9. The number of benzene rings is 1. The number of hydrogen-bond acceptors (Lipinski definition) is 4. The Morgan fingerprint density at radius 3 is 2.42 bits per heavy atom. The minimum Gasteiger partial charge on any atom is -0.408 e. The van der Waals surface area contributed by atoms with E-state index < -0.39 is 0 Å². The van der Waals surface area contributed by atoms with Gasteiger partial charge >= 0.3 is 5.76 Å². The van der Waals surface area contributed by atoms with Crippen molar-refractivity contribution in [3.05, 3.63) is 34.8 Å². The van der Waals surface area contributed by atoms with Gasteiger partial charge in [0.2, 0.25) is 5.91 Å². The molecule has 1 amide bonds. The molecule has 0 bridgehead atoms. The van der Waals surface area contributed by atoms with Gasteiger partial charge in [-0.3, -0.25) is 14.3 Å². The van der Waals surface area contributed by atoms with Crippen LogP contribution in [0.15, 0.2) is 33.5 Å². The summed E-state index contributed by atoms with van der Waals surface area (Å²) in [5.41, 5.74) is 1.46. The lowest BCUT2D eigenvalue weighted by Crippen LogP contribution is -2.43. The molecule has 140 valence electrons. The first-order valence-electron chi connectivity index (χ1n) is 9.82. The van der Waals surface area contributed by atoms with Crippen LogP contribution in [0.3, 0.4) is 0 Å². The van der Waals surface area contributed by atoms with E-state index in [1.165, 1.54) is 12.8 Å². The van der Waals surface area contributed by atoms with Crippen molar-refractivity contribution in [3.63, 3.8) is 0 Å². The average Bonchev–Trinajstić information content (AvgIpc) is 2.84. The molecule has 6 nitrogen and oxygen atoms in total. The van der Waals surface area contributed by atoms with Crippen LogP contribution in [0.4, 0.5) is 0 Å². The average molecular weight is 357 g/mol. The highest BCUT2D eigenvalue weighted by Crippen LogP contribution is 2.22.